The van der Waals surface area contributed by atoms with E-state index in [0.717, 1.165) is 16.5 Å². The van der Waals surface area contributed by atoms with E-state index in [9.17, 15) is 4.79 Å². The van der Waals surface area contributed by atoms with Gasteiger partial charge in [-0.15, -0.1) is 0 Å². The molecular weight excluding hydrogens is 307 g/mol. The first-order chi connectivity index (χ1) is 10.2. The third-order valence-electron chi connectivity index (χ3n) is 3.27. The van der Waals surface area contributed by atoms with Gasteiger partial charge in [-0.05, 0) is 17.7 Å². The molecule has 3 nitrogen and oxygen atoms in total. The van der Waals surface area contributed by atoms with Crippen LogP contribution < -0.4 is 5.32 Å². The quantitative estimate of drug-likeness (QED) is 0.738. The highest BCUT2D eigenvalue weighted by Gasteiger charge is 2.16. The van der Waals surface area contributed by atoms with Gasteiger partial charge in [-0.3, -0.25) is 4.79 Å². The minimum atomic E-state index is -0.254. The summed E-state index contributed by atoms with van der Waals surface area (Å²) in [7, 11) is 0. The van der Waals surface area contributed by atoms with Crippen molar-refractivity contribution in [2.75, 3.05) is 0 Å². The Bertz CT molecular complexity index is 811. The molecule has 0 aliphatic rings. The van der Waals surface area contributed by atoms with Crippen molar-refractivity contribution in [1.82, 2.24) is 10.3 Å². The van der Waals surface area contributed by atoms with Crippen molar-refractivity contribution in [3.05, 3.63) is 69.8 Å². The van der Waals surface area contributed by atoms with Crippen LogP contribution in [0.25, 0.3) is 10.9 Å². The lowest BCUT2D eigenvalue weighted by molar-refractivity contribution is 0.0947. The summed E-state index contributed by atoms with van der Waals surface area (Å²) in [6.45, 7) is 0.351. The number of aromatic nitrogens is 1. The number of H-pyrrole nitrogens is 1. The maximum Gasteiger partial charge on any atom is 0.269 e. The van der Waals surface area contributed by atoms with Crippen molar-refractivity contribution < 1.29 is 4.79 Å². The van der Waals surface area contributed by atoms with Crippen LogP contribution in [0.1, 0.15) is 16.1 Å². The molecule has 3 aromatic rings. The molecule has 1 aromatic heterocycles. The van der Waals surface area contributed by atoms with E-state index in [1.165, 1.54) is 0 Å². The number of carbonyl (C=O) groups excluding carboxylic acids is 1. The number of benzene rings is 2. The van der Waals surface area contributed by atoms with E-state index in [1.807, 2.05) is 42.5 Å². The molecule has 5 heteroatoms. The van der Waals surface area contributed by atoms with Crippen molar-refractivity contribution in [2.24, 2.45) is 0 Å². The van der Waals surface area contributed by atoms with Crippen LogP contribution in [0.4, 0.5) is 0 Å². The summed E-state index contributed by atoms with van der Waals surface area (Å²) in [6.07, 6.45) is 0. The van der Waals surface area contributed by atoms with Gasteiger partial charge < -0.3 is 10.3 Å². The highest BCUT2D eigenvalue weighted by molar-refractivity contribution is 6.38. The van der Waals surface area contributed by atoms with E-state index < -0.39 is 0 Å². The zero-order chi connectivity index (χ0) is 14.8. The number of amides is 1. The van der Waals surface area contributed by atoms with Crippen LogP contribution in [0.5, 0.6) is 0 Å². The maximum absolute atomic E-state index is 12.2. The number of carbonyl (C=O) groups is 1. The summed E-state index contributed by atoms with van der Waals surface area (Å²) >= 11 is 12.3. The van der Waals surface area contributed by atoms with Crippen molar-refractivity contribution >= 4 is 40.0 Å². The molecule has 21 heavy (non-hydrogen) atoms. The molecule has 0 radical (unpaired) electrons. The van der Waals surface area contributed by atoms with Crippen molar-refractivity contribution in [2.45, 2.75) is 6.54 Å². The molecule has 0 unspecified atom stereocenters. The van der Waals surface area contributed by atoms with Crippen LogP contribution in [0.15, 0.2) is 48.5 Å². The van der Waals surface area contributed by atoms with Crippen LogP contribution in [-0.2, 0) is 6.54 Å². The van der Waals surface area contributed by atoms with E-state index in [2.05, 4.69) is 10.3 Å². The fraction of sp³-hybridized carbons (Fsp3) is 0.0625. The predicted molar refractivity (Wildman–Crippen MR) is 85.9 cm³/mol. The lowest BCUT2D eigenvalue weighted by Crippen LogP contribution is -2.23. The Balaban J connectivity index is 1.81. The predicted octanol–water partition coefficient (Wildman–Crippen LogP) is 4.40. The molecule has 2 aromatic carbocycles. The molecule has 0 saturated heterocycles. The molecule has 0 bridgehead atoms. The van der Waals surface area contributed by atoms with Gasteiger partial charge in [0.25, 0.3) is 5.91 Å². The summed E-state index contributed by atoms with van der Waals surface area (Å²) in [4.78, 5) is 15.3. The summed E-state index contributed by atoms with van der Waals surface area (Å²) in [5.41, 5.74) is 2.06. The summed E-state index contributed by atoms with van der Waals surface area (Å²) in [6, 6.07) is 14.9. The van der Waals surface area contributed by atoms with Crippen LogP contribution >= 0.6 is 23.2 Å². The van der Waals surface area contributed by atoms with E-state index in [1.54, 1.807) is 6.07 Å². The van der Waals surface area contributed by atoms with E-state index in [0.29, 0.717) is 22.3 Å². The van der Waals surface area contributed by atoms with Crippen molar-refractivity contribution in [3.8, 4) is 0 Å². The van der Waals surface area contributed by atoms with Crippen LogP contribution in [-0.4, -0.2) is 10.9 Å². The molecule has 106 valence electrons. The van der Waals surface area contributed by atoms with Crippen molar-refractivity contribution in [3.63, 3.8) is 0 Å². The van der Waals surface area contributed by atoms with Gasteiger partial charge in [0.1, 0.15) is 5.69 Å². The second-order valence-electron chi connectivity index (χ2n) is 4.63. The minimum absolute atomic E-state index is 0.254. The summed E-state index contributed by atoms with van der Waals surface area (Å²) < 4.78 is 0. The number of fused-ring (bicyclic) bond motifs is 1. The van der Waals surface area contributed by atoms with Crippen LogP contribution in [0.2, 0.25) is 10.0 Å². The molecule has 0 aliphatic carbocycles. The molecule has 1 amide bonds. The largest absolute Gasteiger partial charge is 0.349 e. The SMILES string of the molecule is O=C(NCc1ccccc1Cl)c1[nH]c2ccccc2c1Cl. The topological polar surface area (TPSA) is 44.9 Å². The Hall–Kier alpha value is -1.97. The highest BCUT2D eigenvalue weighted by Crippen LogP contribution is 2.27. The number of rotatable bonds is 3. The van der Waals surface area contributed by atoms with Crippen LogP contribution in [0.3, 0.4) is 0 Å². The first kappa shape index (κ1) is 14.0. The van der Waals surface area contributed by atoms with E-state index in [-0.39, 0.29) is 5.91 Å². The summed E-state index contributed by atoms with van der Waals surface area (Å²) in [5, 5.41) is 4.71. The number of aromatic amines is 1. The van der Waals surface area contributed by atoms with Gasteiger partial charge in [0.05, 0.1) is 5.02 Å². The first-order valence-corrected chi connectivity index (χ1v) is 7.20. The molecule has 0 atom stereocenters. The fourth-order valence-electron chi connectivity index (χ4n) is 2.17. The minimum Gasteiger partial charge on any atom is -0.349 e. The number of hydrogen-bond donors (Lipinski definition) is 2. The molecular formula is C16H12Cl2N2O. The Morgan fingerprint density at radius 2 is 1.76 bits per heavy atom. The molecule has 0 saturated carbocycles. The van der Waals surface area contributed by atoms with E-state index in [4.69, 9.17) is 23.2 Å². The smallest absolute Gasteiger partial charge is 0.269 e. The number of nitrogens with one attached hydrogen (secondary N) is 2. The third kappa shape index (κ3) is 2.75. The zero-order valence-corrected chi connectivity index (χ0v) is 12.5. The molecule has 3 rings (SSSR count). The normalized spacial score (nSPS) is 10.8. The second-order valence-corrected chi connectivity index (χ2v) is 5.42. The Morgan fingerprint density at radius 3 is 2.52 bits per heavy atom. The maximum atomic E-state index is 12.2. The van der Waals surface area contributed by atoms with Gasteiger partial charge >= 0.3 is 0 Å². The third-order valence-corrected chi connectivity index (χ3v) is 4.03. The number of hydrogen-bond acceptors (Lipinski definition) is 1. The van der Waals surface area contributed by atoms with Gasteiger partial charge in [-0.25, -0.2) is 0 Å². The summed E-state index contributed by atoms with van der Waals surface area (Å²) in [5.74, 6) is -0.254. The molecule has 0 fully saturated rings. The van der Waals surface area contributed by atoms with Gasteiger partial charge in [0, 0.05) is 22.5 Å². The van der Waals surface area contributed by atoms with Crippen molar-refractivity contribution in [1.29, 1.82) is 0 Å². The van der Waals surface area contributed by atoms with E-state index >= 15 is 0 Å². The van der Waals surface area contributed by atoms with Gasteiger partial charge in [0.15, 0.2) is 0 Å². The lowest BCUT2D eigenvalue weighted by atomic mass is 10.2. The number of para-hydroxylation sites is 1. The Morgan fingerprint density at radius 1 is 1.05 bits per heavy atom. The second kappa shape index (κ2) is 5.80. The standard InChI is InChI=1S/C16H12Cl2N2O/c17-12-7-3-1-5-10(12)9-19-16(21)15-14(18)11-6-2-4-8-13(11)20-15/h1-8,20H,9H2,(H,19,21). The van der Waals surface area contributed by atoms with Gasteiger partial charge in [-0.1, -0.05) is 59.6 Å². The highest BCUT2D eigenvalue weighted by atomic mass is 35.5. The fourth-order valence-corrected chi connectivity index (χ4v) is 2.67. The molecule has 1 heterocycles. The van der Waals surface area contributed by atoms with Gasteiger partial charge in [0.2, 0.25) is 0 Å². The zero-order valence-electron chi connectivity index (χ0n) is 11.0. The first-order valence-electron chi connectivity index (χ1n) is 6.44. The Labute approximate surface area is 131 Å². The molecule has 2 N–H and O–H groups in total. The monoisotopic (exact) mass is 318 g/mol. The average Bonchev–Trinajstić information content (AvgIpc) is 2.84. The Kier molecular flexibility index (Phi) is 3.86. The van der Waals surface area contributed by atoms with Gasteiger partial charge in [-0.2, -0.15) is 0 Å². The molecule has 0 aliphatic heterocycles. The van der Waals surface area contributed by atoms with Crippen LogP contribution in [0, 0.1) is 0 Å². The average molecular weight is 319 g/mol. The molecule has 0 spiro atoms. The lowest BCUT2D eigenvalue weighted by Gasteiger charge is -2.06. The number of halogens is 2.